The van der Waals surface area contributed by atoms with Gasteiger partial charge in [-0.1, -0.05) is 25.1 Å². The van der Waals surface area contributed by atoms with Crippen LogP contribution in [0.15, 0.2) is 30.5 Å². The molecule has 0 radical (unpaired) electrons. The van der Waals surface area contributed by atoms with E-state index in [0.29, 0.717) is 6.42 Å². The molecule has 0 amide bonds. The van der Waals surface area contributed by atoms with Gasteiger partial charge in [-0.25, -0.2) is 0 Å². The van der Waals surface area contributed by atoms with Crippen LogP contribution in [0, 0.1) is 11.3 Å². The van der Waals surface area contributed by atoms with E-state index in [2.05, 4.69) is 53.3 Å². The lowest BCUT2D eigenvalue weighted by Gasteiger charge is -2.10. The number of para-hydroxylation sites is 1. The van der Waals surface area contributed by atoms with Crippen molar-refractivity contribution < 1.29 is 0 Å². The predicted octanol–water partition coefficient (Wildman–Crippen LogP) is 3.83. The first-order valence-corrected chi connectivity index (χ1v) is 7.51. The summed E-state index contributed by atoms with van der Waals surface area (Å²) in [6.45, 7) is 5.16. The Bertz CT molecular complexity index is 577. The van der Waals surface area contributed by atoms with E-state index in [1.807, 2.05) is 0 Å². The molecule has 2 rings (SSSR count). The molecule has 1 N–H and O–H groups in total. The number of nitrogens with zero attached hydrogens (tertiary/aromatic N) is 2. The van der Waals surface area contributed by atoms with Crippen molar-refractivity contribution in [2.24, 2.45) is 0 Å². The third-order valence-electron chi connectivity index (χ3n) is 3.55. The molecule has 1 heterocycles. The van der Waals surface area contributed by atoms with Crippen LogP contribution < -0.4 is 5.32 Å². The molecule has 0 fully saturated rings. The fourth-order valence-electron chi connectivity index (χ4n) is 2.56. The molecular weight excluding hydrogens is 246 g/mol. The highest BCUT2D eigenvalue weighted by molar-refractivity contribution is 5.83. The lowest BCUT2D eigenvalue weighted by Crippen LogP contribution is -2.14. The van der Waals surface area contributed by atoms with E-state index >= 15 is 0 Å². The third kappa shape index (κ3) is 3.61. The fraction of sp³-hybridized carbons (Fsp3) is 0.471. The van der Waals surface area contributed by atoms with Crippen LogP contribution in [-0.4, -0.2) is 11.1 Å². The molecule has 0 atom stereocenters. The van der Waals surface area contributed by atoms with Gasteiger partial charge in [0.05, 0.1) is 11.6 Å². The Morgan fingerprint density at radius 2 is 2.15 bits per heavy atom. The van der Waals surface area contributed by atoms with Crippen molar-refractivity contribution in [2.45, 2.75) is 45.7 Å². The first-order valence-electron chi connectivity index (χ1n) is 7.51. The smallest absolute Gasteiger partial charge is 0.0621 e. The van der Waals surface area contributed by atoms with E-state index in [1.54, 1.807) is 0 Å². The van der Waals surface area contributed by atoms with Crippen molar-refractivity contribution in [1.29, 1.82) is 5.26 Å². The molecule has 1 aromatic heterocycles. The van der Waals surface area contributed by atoms with Crippen LogP contribution in [-0.2, 0) is 13.1 Å². The Balaban J connectivity index is 2.12. The maximum Gasteiger partial charge on any atom is 0.0621 e. The van der Waals surface area contributed by atoms with Crippen molar-refractivity contribution in [2.75, 3.05) is 6.54 Å². The second kappa shape index (κ2) is 7.72. The Morgan fingerprint density at radius 3 is 2.95 bits per heavy atom. The zero-order valence-electron chi connectivity index (χ0n) is 12.2. The lowest BCUT2D eigenvalue weighted by molar-refractivity contribution is 0.627. The van der Waals surface area contributed by atoms with E-state index in [-0.39, 0.29) is 0 Å². The topological polar surface area (TPSA) is 40.8 Å². The van der Waals surface area contributed by atoms with Gasteiger partial charge in [0.25, 0.3) is 0 Å². The number of fused-ring (bicyclic) bond motifs is 1. The summed E-state index contributed by atoms with van der Waals surface area (Å²) in [5, 5.41) is 13.4. The van der Waals surface area contributed by atoms with Gasteiger partial charge < -0.3 is 9.88 Å². The Hall–Kier alpha value is -1.79. The Labute approximate surface area is 121 Å². The average Bonchev–Trinajstić information content (AvgIpc) is 2.88. The molecule has 0 spiro atoms. The van der Waals surface area contributed by atoms with Crippen LogP contribution in [0.3, 0.4) is 0 Å². The van der Waals surface area contributed by atoms with Gasteiger partial charge in [-0.2, -0.15) is 5.26 Å². The molecule has 0 bridgehead atoms. The molecule has 0 saturated heterocycles. The maximum atomic E-state index is 8.59. The molecule has 1 aromatic carbocycles. The monoisotopic (exact) mass is 269 g/mol. The van der Waals surface area contributed by atoms with Gasteiger partial charge in [-0.05, 0) is 42.8 Å². The number of benzene rings is 1. The van der Waals surface area contributed by atoms with E-state index in [0.717, 1.165) is 38.9 Å². The molecule has 3 heteroatoms. The van der Waals surface area contributed by atoms with Gasteiger partial charge in [0.15, 0.2) is 0 Å². The van der Waals surface area contributed by atoms with Crippen LogP contribution >= 0.6 is 0 Å². The number of rotatable bonds is 8. The number of hydrogen-bond acceptors (Lipinski definition) is 2. The summed E-state index contributed by atoms with van der Waals surface area (Å²) < 4.78 is 2.33. The zero-order valence-corrected chi connectivity index (χ0v) is 12.2. The number of nitriles is 1. The fourth-order valence-corrected chi connectivity index (χ4v) is 2.56. The molecule has 0 saturated carbocycles. The minimum Gasteiger partial charge on any atom is -0.347 e. The normalized spacial score (nSPS) is 10.8. The highest BCUT2D eigenvalue weighted by atomic mass is 15.0. The molecule has 0 aliphatic heterocycles. The van der Waals surface area contributed by atoms with E-state index in [4.69, 9.17) is 5.26 Å². The maximum absolute atomic E-state index is 8.59. The summed E-state index contributed by atoms with van der Waals surface area (Å²) in [5.74, 6) is 0. The van der Waals surface area contributed by atoms with Gasteiger partial charge in [-0.3, -0.25) is 0 Å². The summed E-state index contributed by atoms with van der Waals surface area (Å²) in [6, 6.07) is 10.9. The number of hydrogen-bond donors (Lipinski definition) is 1. The number of nitrogens with one attached hydrogen (secondary N) is 1. The highest BCUT2D eigenvalue weighted by Crippen LogP contribution is 2.21. The standard InChI is InChI=1S/C17H23N3/c1-2-11-19-14-16-8-6-7-15-9-13-20(17(15)16)12-5-3-4-10-18/h6-9,13,19H,2-5,11-12,14H2,1H3. The number of aromatic nitrogens is 1. The molecule has 106 valence electrons. The molecule has 3 nitrogen and oxygen atoms in total. The van der Waals surface area contributed by atoms with Crippen molar-refractivity contribution in [3.05, 3.63) is 36.0 Å². The van der Waals surface area contributed by atoms with Crippen molar-refractivity contribution >= 4 is 10.9 Å². The van der Waals surface area contributed by atoms with E-state index in [9.17, 15) is 0 Å². The van der Waals surface area contributed by atoms with Crippen LogP contribution in [0.5, 0.6) is 0 Å². The molecule has 0 unspecified atom stereocenters. The van der Waals surface area contributed by atoms with E-state index in [1.165, 1.54) is 16.5 Å². The summed E-state index contributed by atoms with van der Waals surface area (Å²) >= 11 is 0. The van der Waals surface area contributed by atoms with Gasteiger partial charge >= 0.3 is 0 Å². The summed E-state index contributed by atoms with van der Waals surface area (Å²) in [5.41, 5.74) is 2.70. The largest absolute Gasteiger partial charge is 0.347 e. The number of unbranched alkanes of at least 4 members (excludes halogenated alkanes) is 2. The molecule has 2 aromatic rings. The lowest BCUT2D eigenvalue weighted by atomic mass is 10.1. The zero-order chi connectivity index (χ0) is 14.2. The number of aryl methyl sites for hydroxylation is 1. The van der Waals surface area contributed by atoms with Gasteiger partial charge in [0.2, 0.25) is 0 Å². The third-order valence-corrected chi connectivity index (χ3v) is 3.55. The summed E-state index contributed by atoms with van der Waals surface area (Å²) in [4.78, 5) is 0. The molecule has 0 aliphatic carbocycles. The summed E-state index contributed by atoms with van der Waals surface area (Å²) in [7, 11) is 0. The Kier molecular flexibility index (Phi) is 5.64. The van der Waals surface area contributed by atoms with Crippen LogP contribution in [0.2, 0.25) is 0 Å². The van der Waals surface area contributed by atoms with Crippen molar-refractivity contribution in [3.63, 3.8) is 0 Å². The quantitative estimate of drug-likeness (QED) is 0.740. The predicted molar refractivity (Wildman–Crippen MR) is 83.4 cm³/mol. The molecule has 0 aliphatic rings. The minimum absolute atomic E-state index is 0.657. The molecular formula is C17H23N3. The Morgan fingerprint density at radius 1 is 1.25 bits per heavy atom. The first kappa shape index (κ1) is 14.6. The van der Waals surface area contributed by atoms with Crippen molar-refractivity contribution in [1.82, 2.24) is 9.88 Å². The van der Waals surface area contributed by atoms with Crippen molar-refractivity contribution in [3.8, 4) is 6.07 Å². The minimum atomic E-state index is 0.657. The van der Waals surface area contributed by atoms with Crippen LogP contribution in [0.1, 0.15) is 38.2 Å². The molecule has 20 heavy (non-hydrogen) atoms. The van der Waals surface area contributed by atoms with Gasteiger partial charge in [0, 0.05) is 25.7 Å². The van der Waals surface area contributed by atoms with E-state index < -0.39 is 0 Å². The second-order valence-corrected chi connectivity index (χ2v) is 5.16. The average molecular weight is 269 g/mol. The van der Waals surface area contributed by atoms with Crippen LogP contribution in [0.4, 0.5) is 0 Å². The second-order valence-electron chi connectivity index (χ2n) is 5.16. The van der Waals surface area contributed by atoms with Crippen LogP contribution in [0.25, 0.3) is 10.9 Å². The van der Waals surface area contributed by atoms with Gasteiger partial charge in [-0.15, -0.1) is 0 Å². The summed E-state index contributed by atoms with van der Waals surface area (Å²) in [6.07, 6.45) is 6.02. The first-order chi connectivity index (χ1) is 9.86. The van der Waals surface area contributed by atoms with Gasteiger partial charge in [0.1, 0.15) is 0 Å². The SMILES string of the molecule is CCCNCc1cccc2ccn(CCCCC#N)c12. The highest BCUT2D eigenvalue weighted by Gasteiger charge is 2.06.